The van der Waals surface area contributed by atoms with Crippen LogP contribution in [0.15, 0.2) is 72.0 Å². The van der Waals surface area contributed by atoms with Crippen molar-refractivity contribution in [3.05, 3.63) is 84.1 Å². The van der Waals surface area contributed by atoms with E-state index in [2.05, 4.69) is 19.9 Å². The van der Waals surface area contributed by atoms with Crippen molar-refractivity contribution >= 4 is 15.8 Å². The minimum Gasteiger partial charge on any atom is -0.455 e. The Bertz CT molecular complexity index is 1510. The zero-order chi connectivity index (χ0) is 25.2. The molecule has 2 aromatic carbocycles. The zero-order valence-corrected chi connectivity index (χ0v) is 18.2. The van der Waals surface area contributed by atoms with Crippen molar-refractivity contribution in [3.63, 3.8) is 0 Å². The quantitative estimate of drug-likeness (QED) is 0.354. The Kier molecular flexibility index (Phi) is 6.14. The van der Waals surface area contributed by atoms with Gasteiger partial charge in [-0.2, -0.15) is 23.5 Å². The summed E-state index contributed by atoms with van der Waals surface area (Å²) >= 11 is 0. The molecule has 0 saturated heterocycles. The number of H-pyrrole nitrogens is 1. The number of anilines is 1. The van der Waals surface area contributed by atoms with Crippen LogP contribution in [-0.2, 0) is 16.2 Å². The zero-order valence-electron chi connectivity index (χ0n) is 17.3. The van der Waals surface area contributed by atoms with E-state index >= 15 is 0 Å². The summed E-state index contributed by atoms with van der Waals surface area (Å²) in [5.41, 5.74) is -0.750. The molecule has 0 unspecified atom stereocenters. The van der Waals surface area contributed by atoms with Crippen molar-refractivity contribution in [3.8, 4) is 28.7 Å². The molecule has 0 aliphatic rings. The van der Waals surface area contributed by atoms with Crippen LogP contribution in [0.25, 0.3) is 11.1 Å². The van der Waals surface area contributed by atoms with Gasteiger partial charge >= 0.3 is 6.18 Å². The Hall–Kier alpha value is -4.44. The topological polar surface area (TPSA) is 121 Å². The first kappa shape index (κ1) is 23.7. The molecule has 0 spiro atoms. The summed E-state index contributed by atoms with van der Waals surface area (Å²) in [6.45, 7) is 0. The number of rotatable bonds is 6. The van der Waals surface area contributed by atoms with Gasteiger partial charge in [-0.15, -0.1) is 0 Å². The standard InChI is InChI=1S/C22H13F4N5O3S/c23-16-2-6-21(28-12-16)31-35(32,33)17-3-5-19(13(7-17)9-27)34-20-4-1-15(22(24,25)26)8-18(20)14-10-29-30-11-14/h1-8,10-12H,(H,28,31)(H,29,30). The summed E-state index contributed by atoms with van der Waals surface area (Å²) in [5, 5.41) is 15.8. The molecule has 0 radical (unpaired) electrons. The third-order valence-corrected chi connectivity index (χ3v) is 6.04. The van der Waals surface area contributed by atoms with Gasteiger partial charge in [0.2, 0.25) is 0 Å². The summed E-state index contributed by atoms with van der Waals surface area (Å²) in [6.07, 6.45) is -1.09. The van der Waals surface area contributed by atoms with Gasteiger partial charge in [0.15, 0.2) is 0 Å². The van der Waals surface area contributed by atoms with Crippen molar-refractivity contribution in [2.45, 2.75) is 11.1 Å². The van der Waals surface area contributed by atoms with E-state index in [1.54, 1.807) is 0 Å². The Morgan fingerprint density at radius 2 is 1.80 bits per heavy atom. The Labute approximate surface area is 195 Å². The molecule has 4 aromatic rings. The lowest BCUT2D eigenvalue weighted by Gasteiger charge is -2.15. The molecule has 2 aromatic heterocycles. The predicted molar refractivity (Wildman–Crippen MR) is 115 cm³/mol. The maximum absolute atomic E-state index is 13.2. The van der Waals surface area contributed by atoms with Gasteiger partial charge in [0, 0.05) is 17.3 Å². The van der Waals surface area contributed by atoms with E-state index in [1.165, 1.54) is 18.5 Å². The molecule has 0 aliphatic heterocycles. The number of aromatic amines is 1. The molecule has 0 atom stereocenters. The predicted octanol–water partition coefficient (Wildman–Crippen LogP) is 5.09. The first-order valence-corrected chi connectivity index (χ1v) is 11.1. The van der Waals surface area contributed by atoms with Gasteiger partial charge in [0.1, 0.15) is 29.2 Å². The van der Waals surface area contributed by atoms with E-state index in [0.29, 0.717) is 5.56 Å². The van der Waals surface area contributed by atoms with Crippen molar-refractivity contribution in [1.29, 1.82) is 5.26 Å². The number of aromatic nitrogens is 3. The van der Waals surface area contributed by atoms with Crippen LogP contribution in [0.1, 0.15) is 11.1 Å². The van der Waals surface area contributed by atoms with Crippen LogP contribution < -0.4 is 9.46 Å². The minimum absolute atomic E-state index is 0.0138. The van der Waals surface area contributed by atoms with Gasteiger partial charge in [-0.3, -0.25) is 9.82 Å². The second-order valence-electron chi connectivity index (χ2n) is 7.03. The van der Waals surface area contributed by atoms with Gasteiger partial charge < -0.3 is 4.74 Å². The average Bonchev–Trinajstić information content (AvgIpc) is 3.35. The van der Waals surface area contributed by atoms with Crippen LogP contribution in [0, 0.1) is 17.1 Å². The number of benzene rings is 2. The fourth-order valence-corrected chi connectivity index (χ4v) is 4.06. The van der Waals surface area contributed by atoms with Crippen LogP contribution in [0.4, 0.5) is 23.4 Å². The van der Waals surface area contributed by atoms with E-state index in [9.17, 15) is 31.2 Å². The Balaban J connectivity index is 1.68. The van der Waals surface area contributed by atoms with Crippen LogP contribution in [0.5, 0.6) is 11.5 Å². The number of halogens is 4. The molecule has 2 N–H and O–H groups in total. The molecule has 0 bridgehead atoms. The van der Waals surface area contributed by atoms with E-state index in [4.69, 9.17) is 4.74 Å². The molecule has 8 nitrogen and oxygen atoms in total. The average molecular weight is 503 g/mol. The molecule has 13 heteroatoms. The van der Waals surface area contributed by atoms with Crippen LogP contribution in [-0.4, -0.2) is 23.6 Å². The second-order valence-corrected chi connectivity index (χ2v) is 8.72. The number of sulfonamides is 1. The van der Waals surface area contributed by atoms with Crippen molar-refractivity contribution in [2.75, 3.05) is 4.72 Å². The number of nitriles is 1. The fraction of sp³-hybridized carbons (Fsp3) is 0.0455. The number of nitrogens with zero attached hydrogens (tertiary/aromatic N) is 3. The molecule has 0 saturated carbocycles. The highest BCUT2D eigenvalue weighted by Crippen LogP contribution is 2.39. The largest absolute Gasteiger partial charge is 0.455 e. The highest BCUT2D eigenvalue weighted by Gasteiger charge is 2.31. The SMILES string of the molecule is N#Cc1cc(S(=O)(=O)Nc2ccc(F)cn2)ccc1Oc1ccc(C(F)(F)F)cc1-c1cn[nH]c1. The molecule has 35 heavy (non-hydrogen) atoms. The number of hydrogen-bond donors (Lipinski definition) is 2. The second kappa shape index (κ2) is 9.07. The third kappa shape index (κ3) is 5.22. The summed E-state index contributed by atoms with van der Waals surface area (Å²) in [6, 6.07) is 10.1. The van der Waals surface area contributed by atoms with E-state index in [-0.39, 0.29) is 33.3 Å². The van der Waals surface area contributed by atoms with E-state index in [1.807, 2.05) is 6.07 Å². The van der Waals surface area contributed by atoms with Gasteiger partial charge in [0.25, 0.3) is 10.0 Å². The van der Waals surface area contributed by atoms with Gasteiger partial charge in [-0.1, -0.05) is 0 Å². The Morgan fingerprint density at radius 3 is 2.43 bits per heavy atom. The summed E-state index contributed by atoms with van der Waals surface area (Å²) in [7, 11) is -4.19. The number of pyridine rings is 1. The lowest BCUT2D eigenvalue weighted by molar-refractivity contribution is -0.137. The van der Waals surface area contributed by atoms with Crippen molar-refractivity contribution in [1.82, 2.24) is 15.2 Å². The van der Waals surface area contributed by atoms with E-state index < -0.39 is 27.6 Å². The Morgan fingerprint density at radius 1 is 1.03 bits per heavy atom. The fourth-order valence-electron chi connectivity index (χ4n) is 3.02. The third-order valence-electron chi connectivity index (χ3n) is 4.68. The monoisotopic (exact) mass is 503 g/mol. The molecule has 178 valence electrons. The highest BCUT2D eigenvalue weighted by atomic mass is 32.2. The minimum atomic E-state index is -4.60. The summed E-state index contributed by atoms with van der Waals surface area (Å²) in [4.78, 5) is 3.31. The molecule has 0 fully saturated rings. The summed E-state index contributed by atoms with van der Waals surface area (Å²) in [5.74, 6) is -0.894. The number of hydrogen-bond acceptors (Lipinski definition) is 6. The van der Waals surface area contributed by atoms with Crippen LogP contribution in [0.3, 0.4) is 0 Å². The van der Waals surface area contributed by atoms with Gasteiger partial charge in [-0.25, -0.2) is 17.8 Å². The molecule has 4 rings (SSSR count). The normalized spacial score (nSPS) is 11.6. The number of nitrogens with one attached hydrogen (secondary N) is 2. The van der Waals surface area contributed by atoms with Crippen LogP contribution >= 0.6 is 0 Å². The smallest absolute Gasteiger partial charge is 0.416 e. The van der Waals surface area contributed by atoms with Gasteiger partial charge in [-0.05, 0) is 48.5 Å². The molecular weight excluding hydrogens is 490 g/mol. The van der Waals surface area contributed by atoms with E-state index in [0.717, 1.165) is 48.7 Å². The highest BCUT2D eigenvalue weighted by molar-refractivity contribution is 7.92. The molecule has 0 aliphatic carbocycles. The maximum atomic E-state index is 13.2. The molecule has 0 amide bonds. The molecular formula is C22H13F4N5O3S. The lowest BCUT2D eigenvalue weighted by Crippen LogP contribution is -2.14. The van der Waals surface area contributed by atoms with Crippen molar-refractivity contribution in [2.24, 2.45) is 0 Å². The first-order valence-electron chi connectivity index (χ1n) is 9.63. The maximum Gasteiger partial charge on any atom is 0.416 e. The number of ether oxygens (including phenoxy) is 1. The van der Waals surface area contributed by atoms with Gasteiger partial charge in [0.05, 0.1) is 28.4 Å². The molecule has 2 heterocycles. The number of alkyl halides is 3. The van der Waals surface area contributed by atoms with Crippen molar-refractivity contribution < 1.29 is 30.7 Å². The van der Waals surface area contributed by atoms with Crippen LogP contribution in [0.2, 0.25) is 0 Å². The lowest BCUT2D eigenvalue weighted by atomic mass is 10.0. The first-order chi connectivity index (χ1) is 16.6. The summed E-state index contributed by atoms with van der Waals surface area (Å²) < 4.78 is 85.9.